The maximum atomic E-state index is 12.1. The summed E-state index contributed by atoms with van der Waals surface area (Å²) in [6.07, 6.45) is 7.62. The van der Waals surface area contributed by atoms with Crippen molar-refractivity contribution in [3.63, 3.8) is 0 Å². The van der Waals surface area contributed by atoms with E-state index in [1.165, 1.54) is 10.9 Å². The summed E-state index contributed by atoms with van der Waals surface area (Å²) in [5, 5.41) is 1.17. The van der Waals surface area contributed by atoms with E-state index in [9.17, 15) is 4.79 Å². The number of nitrogens with zero attached hydrogens (tertiary/aromatic N) is 3. The maximum absolute atomic E-state index is 12.1. The molecule has 0 N–H and O–H groups in total. The molecule has 1 aromatic carbocycles. The summed E-state index contributed by atoms with van der Waals surface area (Å²) in [6, 6.07) is 18.3. The monoisotopic (exact) mass is 425 g/mol. The van der Waals surface area contributed by atoms with Crippen molar-refractivity contribution >= 4 is 10.9 Å². The van der Waals surface area contributed by atoms with Crippen LogP contribution in [-0.2, 0) is 0 Å². The van der Waals surface area contributed by atoms with Crippen LogP contribution in [0.3, 0.4) is 0 Å². The van der Waals surface area contributed by atoms with E-state index in [1.54, 1.807) is 12.1 Å². The molecule has 164 valence electrons. The lowest BCUT2D eigenvalue weighted by Gasteiger charge is -2.18. The Labute approximate surface area is 190 Å². The van der Waals surface area contributed by atoms with Gasteiger partial charge in [0.25, 0.3) is 5.56 Å². The van der Waals surface area contributed by atoms with E-state index >= 15 is 0 Å². The molecule has 0 fully saturated rings. The fraction of sp³-hybridized carbons (Fsp3) is 0.321. The van der Waals surface area contributed by atoms with Crippen LogP contribution in [-0.4, -0.2) is 14.5 Å². The van der Waals surface area contributed by atoms with Gasteiger partial charge in [-0.1, -0.05) is 45.0 Å². The third kappa shape index (κ3) is 4.64. The van der Waals surface area contributed by atoms with Crippen LogP contribution in [0.5, 0.6) is 0 Å². The van der Waals surface area contributed by atoms with E-state index in [2.05, 4.69) is 69.1 Å². The van der Waals surface area contributed by atoms with Crippen molar-refractivity contribution in [3.05, 3.63) is 94.8 Å². The van der Waals surface area contributed by atoms with Gasteiger partial charge in [0.15, 0.2) is 0 Å². The number of para-hydroxylation sites is 1. The highest BCUT2D eigenvalue weighted by atomic mass is 16.1. The fourth-order valence-corrected chi connectivity index (χ4v) is 4.29. The zero-order valence-electron chi connectivity index (χ0n) is 19.3. The third-order valence-electron chi connectivity index (χ3n) is 6.33. The molecule has 0 aliphatic rings. The normalized spacial score (nSPS) is 13.4. The van der Waals surface area contributed by atoms with E-state index < -0.39 is 0 Å². The minimum Gasteiger partial charge on any atom is -0.313 e. The van der Waals surface area contributed by atoms with Gasteiger partial charge in [0.1, 0.15) is 0 Å². The molecule has 0 aliphatic heterocycles. The Morgan fingerprint density at radius 2 is 1.72 bits per heavy atom. The van der Waals surface area contributed by atoms with Gasteiger partial charge in [-0.05, 0) is 67.0 Å². The van der Waals surface area contributed by atoms with Crippen molar-refractivity contribution in [2.45, 2.75) is 58.4 Å². The van der Waals surface area contributed by atoms with Gasteiger partial charge in [-0.25, -0.2) is 0 Å². The second kappa shape index (κ2) is 9.47. The van der Waals surface area contributed by atoms with Gasteiger partial charge < -0.3 is 4.57 Å². The number of fused-ring (bicyclic) bond motifs is 1. The largest absolute Gasteiger partial charge is 0.313 e. The third-order valence-corrected chi connectivity index (χ3v) is 6.33. The summed E-state index contributed by atoms with van der Waals surface area (Å²) in [6.45, 7) is 8.72. The molecule has 4 aromatic rings. The van der Waals surface area contributed by atoms with Crippen molar-refractivity contribution in [3.8, 4) is 11.1 Å². The molecule has 2 atom stereocenters. The summed E-state index contributed by atoms with van der Waals surface area (Å²) in [5.41, 5.74) is 5.74. The molecule has 0 aliphatic carbocycles. The van der Waals surface area contributed by atoms with Crippen LogP contribution in [0.2, 0.25) is 0 Å². The second-order valence-corrected chi connectivity index (χ2v) is 9.04. The molecule has 4 heteroatoms. The quantitative estimate of drug-likeness (QED) is 0.330. The molecule has 0 radical (unpaired) electrons. The number of benzene rings is 1. The average Bonchev–Trinajstić information content (AvgIpc) is 2.81. The number of aromatic nitrogens is 3. The van der Waals surface area contributed by atoms with Gasteiger partial charge in [-0.2, -0.15) is 0 Å². The zero-order chi connectivity index (χ0) is 22.7. The molecule has 0 spiro atoms. The average molecular weight is 426 g/mol. The van der Waals surface area contributed by atoms with Gasteiger partial charge in [-0.15, -0.1) is 0 Å². The molecular formula is C28H31N3O. The van der Waals surface area contributed by atoms with E-state index in [-0.39, 0.29) is 11.6 Å². The van der Waals surface area contributed by atoms with Gasteiger partial charge >= 0.3 is 0 Å². The van der Waals surface area contributed by atoms with Gasteiger partial charge in [0, 0.05) is 47.3 Å². The van der Waals surface area contributed by atoms with Crippen LogP contribution in [0, 0.1) is 0 Å². The molecule has 2 unspecified atom stereocenters. The lowest BCUT2D eigenvalue weighted by molar-refractivity contribution is 0.453. The molecule has 4 nitrogen and oxygen atoms in total. The van der Waals surface area contributed by atoms with Gasteiger partial charge in [-0.3, -0.25) is 14.8 Å². The molecule has 32 heavy (non-hydrogen) atoms. The molecule has 0 saturated heterocycles. The van der Waals surface area contributed by atoms with Crippen LogP contribution in [0.1, 0.15) is 69.7 Å². The minimum absolute atomic E-state index is 0.0530. The Bertz CT molecular complexity index is 1270. The fourth-order valence-electron chi connectivity index (χ4n) is 4.29. The van der Waals surface area contributed by atoms with Crippen molar-refractivity contribution < 1.29 is 0 Å². The number of hydrogen-bond acceptors (Lipinski definition) is 3. The highest BCUT2D eigenvalue weighted by Crippen LogP contribution is 2.30. The first-order chi connectivity index (χ1) is 15.4. The van der Waals surface area contributed by atoms with E-state index in [1.807, 2.05) is 29.2 Å². The molecule has 0 amide bonds. The first-order valence-corrected chi connectivity index (χ1v) is 11.5. The summed E-state index contributed by atoms with van der Waals surface area (Å²) in [5.74, 6) is 0.748. The smallest absolute Gasteiger partial charge is 0.250 e. The van der Waals surface area contributed by atoms with Crippen LogP contribution in [0.4, 0.5) is 0 Å². The lowest BCUT2D eigenvalue weighted by atomic mass is 9.95. The number of pyridine rings is 3. The molecular weight excluding hydrogens is 394 g/mol. The first-order valence-electron chi connectivity index (χ1n) is 11.5. The molecule has 0 bridgehead atoms. The van der Waals surface area contributed by atoms with Gasteiger partial charge in [0.05, 0.1) is 5.52 Å². The maximum Gasteiger partial charge on any atom is 0.250 e. The van der Waals surface area contributed by atoms with E-state index in [4.69, 9.17) is 4.98 Å². The molecule has 3 aromatic heterocycles. The van der Waals surface area contributed by atoms with Crippen molar-refractivity contribution in [2.75, 3.05) is 0 Å². The van der Waals surface area contributed by atoms with Crippen molar-refractivity contribution in [2.24, 2.45) is 0 Å². The van der Waals surface area contributed by atoms with E-state index in [0.717, 1.165) is 35.2 Å². The summed E-state index contributed by atoms with van der Waals surface area (Å²) < 4.78 is 1.81. The van der Waals surface area contributed by atoms with Crippen molar-refractivity contribution in [1.82, 2.24) is 14.5 Å². The Kier molecular flexibility index (Phi) is 6.50. The van der Waals surface area contributed by atoms with Gasteiger partial charge in [0.2, 0.25) is 0 Å². The SMILES string of the molecule is CC(C)c1cccc2cc(-c3ccnc(C(C)CCC(C)n4ccccc4=O)c3)cnc12. The molecule has 4 rings (SSSR count). The lowest BCUT2D eigenvalue weighted by Crippen LogP contribution is -2.21. The summed E-state index contributed by atoms with van der Waals surface area (Å²) in [7, 11) is 0. The summed E-state index contributed by atoms with van der Waals surface area (Å²) in [4.78, 5) is 21.5. The zero-order valence-corrected chi connectivity index (χ0v) is 19.3. The highest BCUT2D eigenvalue weighted by molar-refractivity contribution is 5.86. The van der Waals surface area contributed by atoms with E-state index in [0.29, 0.717) is 11.8 Å². The first kappa shape index (κ1) is 21.9. The number of hydrogen-bond donors (Lipinski definition) is 0. The Morgan fingerprint density at radius 3 is 2.50 bits per heavy atom. The minimum atomic E-state index is 0.0530. The molecule has 3 heterocycles. The van der Waals surface area contributed by atoms with Crippen LogP contribution < -0.4 is 5.56 Å². The van der Waals surface area contributed by atoms with Crippen molar-refractivity contribution in [1.29, 1.82) is 0 Å². The van der Waals surface area contributed by atoms with Crippen LogP contribution in [0.25, 0.3) is 22.0 Å². The second-order valence-electron chi connectivity index (χ2n) is 9.04. The highest BCUT2D eigenvalue weighted by Gasteiger charge is 2.13. The predicted molar refractivity (Wildman–Crippen MR) is 132 cm³/mol. The molecule has 0 saturated carbocycles. The predicted octanol–water partition coefficient (Wildman–Crippen LogP) is 6.73. The van der Waals surface area contributed by atoms with Crippen LogP contribution >= 0.6 is 0 Å². The standard InChI is InChI=1S/C28H31N3O/c1-19(2)25-9-7-8-23-16-24(18-30-28(23)25)22-13-14-29-26(17-22)20(3)11-12-21(4)31-15-6-5-10-27(31)32/h5-10,13-21H,11-12H2,1-4H3. The Balaban J connectivity index is 1.53. The number of rotatable bonds is 7. The Hall–Kier alpha value is -3.27. The Morgan fingerprint density at radius 1 is 0.875 bits per heavy atom. The summed E-state index contributed by atoms with van der Waals surface area (Å²) >= 11 is 0. The topological polar surface area (TPSA) is 47.8 Å². The van der Waals surface area contributed by atoms with Crippen LogP contribution in [0.15, 0.2) is 78.0 Å².